The van der Waals surface area contributed by atoms with Gasteiger partial charge in [-0.15, -0.1) is 5.10 Å². The summed E-state index contributed by atoms with van der Waals surface area (Å²) in [5, 5.41) is 12.0. The average Bonchev–Trinajstić information content (AvgIpc) is 3.37. The minimum atomic E-state index is -0.373. The van der Waals surface area contributed by atoms with Crippen molar-refractivity contribution in [2.75, 3.05) is 5.75 Å². The van der Waals surface area contributed by atoms with Crippen molar-refractivity contribution in [2.45, 2.75) is 12.1 Å². The topological polar surface area (TPSA) is 107 Å². The second-order valence-electron chi connectivity index (χ2n) is 6.06. The SMILES string of the molecule is CCSc1n[nH]c(-n2ccc3nc4ncnn4c(-c4ccc(F)cc4)c3c2=O)n1. The van der Waals surface area contributed by atoms with E-state index in [1.54, 1.807) is 24.4 Å². The van der Waals surface area contributed by atoms with Gasteiger partial charge < -0.3 is 0 Å². The number of hydrogen-bond donors (Lipinski definition) is 1. The number of pyridine rings is 1. The zero-order valence-electron chi connectivity index (χ0n) is 15.1. The minimum Gasteiger partial charge on any atom is -0.268 e. The molecule has 0 unspecified atom stereocenters. The van der Waals surface area contributed by atoms with Gasteiger partial charge in [0.05, 0.1) is 16.6 Å². The van der Waals surface area contributed by atoms with Crippen LogP contribution in [0.4, 0.5) is 4.39 Å². The van der Waals surface area contributed by atoms with Gasteiger partial charge in [0, 0.05) is 11.8 Å². The third kappa shape index (κ3) is 2.86. The summed E-state index contributed by atoms with van der Waals surface area (Å²) in [7, 11) is 0. The first-order chi connectivity index (χ1) is 14.2. The first-order valence-electron chi connectivity index (χ1n) is 8.72. The van der Waals surface area contributed by atoms with Crippen LogP contribution in [0.2, 0.25) is 0 Å². The molecule has 0 saturated carbocycles. The van der Waals surface area contributed by atoms with E-state index in [-0.39, 0.29) is 11.4 Å². The van der Waals surface area contributed by atoms with E-state index in [9.17, 15) is 9.18 Å². The number of aromatic nitrogens is 8. The van der Waals surface area contributed by atoms with E-state index in [2.05, 4.69) is 30.2 Å². The van der Waals surface area contributed by atoms with Crippen LogP contribution in [0, 0.1) is 5.82 Å². The molecule has 0 aliphatic carbocycles. The summed E-state index contributed by atoms with van der Waals surface area (Å²) in [6.45, 7) is 1.99. The fraction of sp³-hybridized carbons (Fsp3) is 0.111. The highest BCUT2D eigenvalue weighted by atomic mass is 32.2. The Morgan fingerprint density at radius 3 is 2.79 bits per heavy atom. The van der Waals surface area contributed by atoms with Crippen molar-refractivity contribution in [1.82, 2.24) is 39.3 Å². The summed E-state index contributed by atoms with van der Waals surface area (Å²) >= 11 is 1.47. The summed E-state index contributed by atoms with van der Waals surface area (Å²) in [6.07, 6.45) is 2.94. The summed E-state index contributed by atoms with van der Waals surface area (Å²) < 4.78 is 16.3. The van der Waals surface area contributed by atoms with Crippen molar-refractivity contribution >= 4 is 28.4 Å². The third-order valence-corrected chi connectivity index (χ3v) is 5.07. The van der Waals surface area contributed by atoms with Crippen LogP contribution in [0.15, 0.2) is 52.8 Å². The average molecular weight is 408 g/mol. The molecule has 1 N–H and O–H groups in total. The molecule has 4 aromatic heterocycles. The third-order valence-electron chi connectivity index (χ3n) is 4.34. The Kier molecular flexibility index (Phi) is 4.09. The maximum absolute atomic E-state index is 13.5. The number of thioether (sulfide) groups is 1. The van der Waals surface area contributed by atoms with Gasteiger partial charge in [-0.25, -0.2) is 14.5 Å². The molecule has 0 amide bonds. The van der Waals surface area contributed by atoms with E-state index in [4.69, 9.17) is 0 Å². The van der Waals surface area contributed by atoms with Crippen LogP contribution >= 0.6 is 11.8 Å². The van der Waals surface area contributed by atoms with Crippen LogP contribution in [0.3, 0.4) is 0 Å². The second kappa shape index (κ2) is 6.78. The van der Waals surface area contributed by atoms with E-state index in [1.165, 1.54) is 39.3 Å². The Morgan fingerprint density at radius 1 is 1.17 bits per heavy atom. The highest BCUT2D eigenvalue weighted by molar-refractivity contribution is 7.99. The predicted octanol–water partition coefficient (Wildman–Crippen LogP) is 2.46. The van der Waals surface area contributed by atoms with Gasteiger partial charge in [0.1, 0.15) is 12.1 Å². The maximum Gasteiger partial charge on any atom is 0.269 e. The summed E-state index contributed by atoms with van der Waals surface area (Å²) in [4.78, 5) is 26.3. The molecule has 5 aromatic rings. The van der Waals surface area contributed by atoms with Crippen molar-refractivity contribution in [3.8, 4) is 17.2 Å². The summed E-state index contributed by atoms with van der Waals surface area (Å²) in [5.74, 6) is 1.08. The minimum absolute atomic E-state index is 0.302. The van der Waals surface area contributed by atoms with Gasteiger partial charge in [0.2, 0.25) is 11.1 Å². The van der Waals surface area contributed by atoms with Gasteiger partial charge in [-0.1, -0.05) is 18.7 Å². The molecular weight excluding hydrogens is 395 g/mol. The van der Waals surface area contributed by atoms with Gasteiger partial charge in [-0.3, -0.25) is 9.36 Å². The molecule has 0 aliphatic rings. The first kappa shape index (κ1) is 17.5. The first-order valence-corrected chi connectivity index (χ1v) is 9.71. The molecule has 144 valence electrons. The predicted molar refractivity (Wildman–Crippen MR) is 106 cm³/mol. The maximum atomic E-state index is 13.5. The molecule has 0 fully saturated rings. The fourth-order valence-electron chi connectivity index (χ4n) is 3.11. The number of nitrogens with zero attached hydrogens (tertiary/aromatic N) is 7. The molecule has 0 radical (unpaired) electrons. The molecule has 0 saturated heterocycles. The van der Waals surface area contributed by atoms with Gasteiger partial charge in [0.25, 0.3) is 11.3 Å². The number of rotatable bonds is 4. The normalized spacial score (nSPS) is 11.5. The van der Waals surface area contributed by atoms with Crippen LogP contribution < -0.4 is 5.56 Å². The number of fused-ring (bicyclic) bond motifs is 2. The molecule has 1 aromatic carbocycles. The molecule has 29 heavy (non-hydrogen) atoms. The lowest BCUT2D eigenvalue weighted by atomic mass is 10.1. The van der Waals surface area contributed by atoms with Crippen LogP contribution in [0.25, 0.3) is 33.9 Å². The molecule has 0 spiro atoms. The van der Waals surface area contributed by atoms with Crippen molar-refractivity contribution < 1.29 is 4.39 Å². The van der Waals surface area contributed by atoms with E-state index in [0.29, 0.717) is 39.0 Å². The summed E-state index contributed by atoms with van der Waals surface area (Å²) in [5.41, 5.74) is 1.19. The highest BCUT2D eigenvalue weighted by Crippen LogP contribution is 2.26. The van der Waals surface area contributed by atoms with Crippen molar-refractivity contribution in [3.05, 3.63) is 59.0 Å². The van der Waals surface area contributed by atoms with E-state index in [1.807, 2.05) is 6.92 Å². The van der Waals surface area contributed by atoms with E-state index >= 15 is 0 Å². The molecule has 11 heteroatoms. The van der Waals surface area contributed by atoms with Crippen LogP contribution in [0.1, 0.15) is 6.92 Å². The Hall–Kier alpha value is -3.60. The highest BCUT2D eigenvalue weighted by Gasteiger charge is 2.18. The van der Waals surface area contributed by atoms with Crippen LogP contribution in [0.5, 0.6) is 0 Å². The monoisotopic (exact) mass is 408 g/mol. The number of benzene rings is 1. The van der Waals surface area contributed by atoms with Crippen LogP contribution in [-0.2, 0) is 0 Å². The molecule has 9 nitrogen and oxygen atoms in total. The number of aromatic amines is 1. The standard InChI is InChI=1S/C18H13FN8OS/c1-2-29-18-23-17(24-25-18)26-8-7-12-13(15(26)28)14(10-3-5-11(19)6-4-10)27-16(22-12)20-9-21-27/h3-9H,2H2,1H3,(H,23,24,25). The lowest BCUT2D eigenvalue weighted by Gasteiger charge is -2.10. The van der Waals surface area contributed by atoms with E-state index < -0.39 is 0 Å². The van der Waals surface area contributed by atoms with Gasteiger partial charge >= 0.3 is 0 Å². The summed E-state index contributed by atoms with van der Waals surface area (Å²) in [6, 6.07) is 7.54. The van der Waals surface area contributed by atoms with Crippen molar-refractivity contribution in [3.63, 3.8) is 0 Å². The Bertz CT molecular complexity index is 1410. The smallest absolute Gasteiger partial charge is 0.268 e. The largest absolute Gasteiger partial charge is 0.269 e. The van der Waals surface area contributed by atoms with Crippen LogP contribution in [-0.4, -0.2) is 45.1 Å². The number of halogens is 1. The lowest BCUT2D eigenvalue weighted by Crippen LogP contribution is -2.21. The Labute approximate surface area is 166 Å². The van der Waals surface area contributed by atoms with E-state index in [0.717, 1.165) is 5.75 Å². The molecule has 0 aliphatic heterocycles. The van der Waals surface area contributed by atoms with Gasteiger partial charge in [-0.2, -0.15) is 19.6 Å². The fourth-order valence-corrected chi connectivity index (χ4v) is 3.63. The molecule has 5 rings (SSSR count). The molecule has 4 heterocycles. The lowest BCUT2D eigenvalue weighted by molar-refractivity contribution is 0.628. The van der Waals surface area contributed by atoms with Crippen molar-refractivity contribution in [2.24, 2.45) is 0 Å². The zero-order valence-corrected chi connectivity index (χ0v) is 15.9. The number of hydrogen-bond acceptors (Lipinski definition) is 7. The molecule has 0 bridgehead atoms. The number of nitrogens with one attached hydrogen (secondary N) is 1. The quantitative estimate of drug-likeness (QED) is 0.455. The zero-order chi connectivity index (χ0) is 20.0. The van der Waals surface area contributed by atoms with Gasteiger partial charge in [-0.05, 0) is 36.1 Å². The van der Waals surface area contributed by atoms with Gasteiger partial charge in [0.15, 0.2) is 0 Å². The number of H-pyrrole nitrogens is 1. The van der Waals surface area contributed by atoms with Crippen molar-refractivity contribution in [1.29, 1.82) is 0 Å². The Balaban J connectivity index is 1.83. The molecule has 0 atom stereocenters. The Morgan fingerprint density at radius 2 is 2.00 bits per heavy atom. The molecular formula is C18H13FN8OS. The second-order valence-corrected chi connectivity index (χ2v) is 7.30.